The van der Waals surface area contributed by atoms with Crippen LogP contribution in [0.3, 0.4) is 0 Å². The van der Waals surface area contributed by atoms with E-state index in [-0.39, 0.29) is 18.1 Å². The summed E-state index contributed by atoms with van der Waals surface area (Å²) in [7, 11) is 0. The number of carbonyl (C=O) groups is 1. The molecule has 3 aromatic rings. The number of hydrogen-bond acceptors (Lipinski definition) is 5. The summed E-state index contributed by atoms with van der Waals surface area (Å²) in [5.74, 6) is -0.295. The van der Waals surface area contributed by atoms with E-state index >= 15 is 0 Å². The van der Waals surface area contributed by atoms with E-state index in [0.29, 0.717) is 29.3 Å². The zero-order valence-corrected chi connectivity index (χ0v) is 15.3. The summed E-state index contributed by atoms with van der Waals surface area (Å²) in [6, 6.07) is 9.55. The summed E-state index contributed by atoms with van der Waals surface area (Å²) in [6.07, 6.45) is 0. The highest BCUT2D eigenvalue weighted by Gasteiger charge is 2.21. The van der Waals surface area contributed by atoms with Crippen LogP contribution in [-0.2, 0) is 6.54 Å². The highest BCUT2D eigenvalue weighted by atomic mass is 16.6. The molecule has 1 aromatic carbocycles. The fraction of sp³-hybridized carbons (Fsp3) is 0.278. The Morgan fingerprint density at radius 3 is 2.59 bits per heavy atom. The normalized spacial score (nSPS) is 10.8. The second-order valence-electron chi connectivity index (χ2n) is 6.29. The number of benzene rings is 1. The van der Waals surface area contributed by atoms with Crippen molar-refractivity contribution in [2.45, 2.75) is 27.3 Å². The summed E-state index contributed by atoms with van der Waals surface area (Å²) in [5.41, 5.74) is 3.95. The lowest BCUT2D eigenvalue weighted by Crippen LogP contribution is -2.28. The minimum atomic E-state index is -0.441. The van der Waals surface area contributed by atoms with Crippen molar-refractivity contribution in [3.05, 3.63) is 63.1 Å². The van der Waals surface area contributed by atoms with Crippen LogP contribution in [0.4, 0.5) is 5.69 Å². The maximum Gasteiger partial charge on any atom is 0.312 e. The molecular weight excluding hydrogens is 348 g/mol. The predicted octanol–water partition coefficient (Wildman–Crippen LogP) is 2.54. The third-order valence-electron chi connectivity index (χ3n) is 4.30. The van der Waals surface area contributed by atoms with E-state index in [9.17, 15) is 14.9 Å². The van der Waals surface area contributed by atoms with Gasteiger partial charge in [0.2, 0.25) is 0 Å². The zero-order valence-electron chi connectivity index (χ0n) is 15.3. The molecule has 0 atom stereocenters. The van der Waals surface area contributed by atoms with E-state index in [1.54, 1.807) is 19.9 Å². The van der Waals surface area contributed by atoms with E-state index in [1.807, 2.05) is 31.2 Å². The number of nitro groups is 1. The number of aromatic nitrogens is 4. The second kappa shape index (κ2) is 7.40. The van der Waals surface area contributed by atoms with Gasteiger partial charge in [-0.25, -0.2) is 0 Å². The lowest BCUT2D eigenvalue weighted by molar-refractivity contribution is -0.386. The Bertz CT molecular complexity index is 987. The molecule has 27 heavy (non-hydrogen) atoms. The average Bonchev–Trinajstić information content (AvgIpc) is 3.21. The smallest absolute Gasteiger partial charge is 0.312 e. The average molecular weight is 368 g/mol. The largest absolute Gasteiger partial charge is 0.349 e. The van der Waals surface area contributed by atoms with E-state index in [0.717, 1.165) is 11.1 Å². The van der Waals surface area contributed by atoms with Gasteiger partial charge in [-0.2, -0.15) is 10.2 Å². The van der Waals surface area contributed by atoms with Crippen molar-refractivity contribution in [2.75, 3.05) is 6.54 Å². The van der Waals surface area contributed by atoms with Gasteiger partial charge in [0.05, 0.1) is 17.2 Å². The molecule has 9 heteroatoms. The van der Waals surface area contributed by atoms with Gasteiger partial charge in [0, 0.05) is 12.1 Å². The SMILES string of the molecule is Cc1ccc(-c2cc(C(=O)NCCn3nc(C)c([N+](=O)[O-])c3C)[nH]n2)cc1. The first-order chi connectivity index (χ1) is 12.9. The van der Waals surface area contributed by atoms with Crippen molar-refractivity contribution < 1.29 is 9.72 Å². The molecule has 0 fully saturated rings. The van der Waals surface area contributed by atoms with Crippen LogP contribution >= 0.6 is 0 Å². The molecule has 2 heterocycles. The number of amides is 1. The fourth-order valence-electron chi connectivity index (χ4n) is 2.85. The summed E-state index contributed by atoms with van der Waals surface area (Å²) in [4.78, 5) is 22.9. The Morgan fingerprint density at radius 2 is 1.96 bits per heavy atom. The third kappa shape index (κ3) is 3.86. The molecule has 2 aromatic heterocycles. The molecule has 2 N–H and O–H groups in total. The number of H-pyrrole nitrogens is 1. The zero-order chi connectivity index (χ0) is 19.6. The molecular formula is C18H20N6O3. The summed E-state index contributed by atoms with van der Waals surface area (Å²) in [6.45, 7) is 5.87. The van der Waals surface area contributed by atoms with Gasteiger partial charge in [-0.1, -0.05) is 29.8 Å². The van der Waals surface area contributed by atoms with Crippen molar-refractivity contribution in [3.63, 3.8) is 0 Å². The third-order valence-corrected chi connectivity index (χ3v) is 4.30. The molecule has 0 aliphatic carbocycles. The van der Waals surface area contributed by atoms with Crippen LogP contribution < -0.4 is 5.32 Å². The van der Waals surface area contributed by atoms with Gasteiger partial charge in [-0.3, -0.25) is 24.7 Å². The van der Waals surface area contributed by atoms with Gasteiger partial charge in [0.1, 0.15) is 17.1 Å². The van der Waals surface area contributed by atoms with E-state index in [4.69, 9.17) is 0 Å². The first-order valence-corrected chi connectivity index (χ1v) is 8.46. The van der Waals surface area contributed by atoms with Crippen molar-refractivity contribution in [3.8, 4) is 11.3 Å². The molecule has 1 amide bonds. The summed E-state index contributed by atoms with van der Waals surface area (Å²) >= 11 is 0. The quantitative estimate of drug-likeness (QED) is 0.512. The highest BCUT2D eigenvalue weighted by Crippen LogP contribution is 2.21. The number of aryl methyl sites for hydroxylation is 2. The standard InChI is InChI=1S/C18H20N6O3/c1-11-4-6-14(7-5-11)15-10-16(21-20-15)18(25)19-8-9-23-13(3)17(24(26)27)12(2)22-23/h4-7,10H,8-9H2,1-3H3,(H,19,25)(H,20,21). The van der Waals surface area contributed by atoms with Crippen LogP contribution in [0.1, 0.15) is 27.4 Å². The minimum Gasteiger partial charge on any atom is -0.349 e. The number of nitrogens with one attached hydrogen (secondary N) is 2. The minimum absolute atomic E-state index is 0.0117. The van der Waals surface area contributed by atoms with Crippen molar-refractivity contribution in [1.82, 2.24) is 25.3 Å². The van der Waals surface area contributed by atoms with Crippen LogP contribution in [0.5, 0.6) is 0 Å². The Morgan fingerprint density at radius 1 is 1.26 bits per heavy atom. The predicted molar refractivity (Wildman–Crippen MR) is 99.4 cm³/mol. The Kier molecular flexibility index (Phi) is 5.02. The Hall–Kier alpha value is -3.49. The number of nitrogens with zero attached hydrogens (tertiary/aromatic N) is 4. The lowest BCUT2D eigenvalue weighted by Gasteiger charge is -2.05. The second-order valence-corrected chi connectivity index (χ2v) is 6.29. The molecule has 0 unspecified atom stereocenters. The molecule has 0 saturated carbocycles. The number of carbonyl (C=O) groups excluding carboxylic acids is 1. The summed E-state index contributed by atoms with van der Waals surface area (Å²) < 4.78 is 1.53. The Labute approximate surface area is 155 Å². The maximum absolute atomic E-state index is 12.3. The fourth-order valence-corrected chi connectivity index (χ4v) is 2.85. The van der Waals surface area contributed by atoms with Gasteiger partial charge in [-0.05, 0) is 26.8 Å². The molecule has 0 saturated heterocycles. The Balaban J connectivity index is 1.61. The molecule has 0 aliphatic rings. The van der Waals surface area contributed by atoms with Gasteiger partial charge in [-0.15, -0.1) is 0 Å². The molecule has 9 nitrogen and oxygen atoms in total. The number of hydrogen-bond donors (Lipinski definition) is 2. The van der Waals surface area contributed by atoms with Gasteiger partial charge < -0.3 is 5.32 Å². The van der Waals surface area contributed by atoms with Crippen LogP contribution in [0.25, 0.3) is 11.3 Å². The van der Waals surface area contributed by atoms with Crippen LogP contribution in [0.2, 0.25) is 0 Å². The highest BCUT2D eigenvalue weighted by molar-refractivity contribution is 5.93. The van der Waals surface area contributed by atoms with Gasteiger partial charge >= 0.3 is 5.69 Å². The topological polar surface area (TPSA) is 119 Å². The first kappa shape index (κ1) is 18.3. The molecule has 140 valence electrons. The maximum atomic E-state index is 12.3. The van der Waals surface area contributed by atoms with Crippen molar-refractivity contribution >= 4 is 11.6 Å². The van der Waals surface area contributed by atoms with E-state index in [1.165, 1.54) is 4.68 Å². The summed E-state index contributed by atoms with van der Waals surface area (Å²) in [5, 5.41) is 24.9. The number of rotatable bonds is 6. The molecule has 0 radical (unpaired) electrons. The lowest BCUT2D eigenvalue weighted by atomic mass is 10.1. The molecule has 0 bridgehead atoms. The monoisotopic (exact) mass is 368 g/mol. The number of aromatic amines is 1. The van der Waals surface area contributed by atoms with Crippen LogP contribution in [-0.4, -0.2) is 37.4 Å². The van der Waals surface area contributed by atoms with Gasteiger partial charge in [0.25, 0.3) is 5.91 Å². The molecule has 0 aliphatic heterocycles. The molecule has 3 rings (SSSR count). The van der Waals surface area contributed by atoms with Crippen molar-refractivity contribution in [2.24, 2.45) is 0 Å². The van der Waals surface area contributed by atoms with Crippen molar-refractivity contribution in [1.29, 1.82) is 0 Å². The van der Waals surface area contributed by atoms with E-state index < -0.39 is 4.92 Å². The van der Waals surface area contributed by atoms with Crippen LogP contribution in [0, 0.1) is 30.9 Å². The first-order valence-electron chi connectivity index (χ1n) is 8.46. The van der Waals surface area contributed by atoms with E-state index in [2.05, 4.69) is 20.6 Å². The van der Waals surface area contributed by atoms with Crippen LogP contribution in [0.15, 0.2) is 30.3 Å². The van der Waals surface area contributed by atoms with Gasteiger partial charge in [0.15, 0.2) is 0 Å². The molecule has 0 spiro atoms.